The third kappa shape index (κ3) is 3.08. The summed E-state index contributed by atoms with van der Waals surface area (Å²) in [6.07, 6.45) is 5.06. The van der Waals surface area contributed by atoms with Gasteiger partial charge in [0.1, 0.15) is 0 Å². The summed E-state index contributed by atoms with van der Waals surface area (Å²) in [7, 11) is 0. The van der Waals surface area contributed by atoms with E-state index >= 15 is 0 Å². The van der Waals surface area contributed by atoms with Gasteiger partial charge in [-0.15, -0.1) is 11.3 Å². The molecule has 1 saturated carbocycles. The van der Waals surface area contributed by atoms with Crippen molar-refractivity contribution in [2.45, 2.75) is 30.5 Å². The SMILES string of the molecule is O=C(NCC1CCCCC1Br)c1cccs1. The van der Waals surface area contributed by atoms with Crippen molar-refractivity contribution in [2.24, 2.45) is 5.92 Å². The molecule has 1 aromatic rings. The molecule has 1 aliphatic rings. The van der Waals surface area contributed by atoms with Gasteiger partial charge in [0.25, 0.3) is 5.91 Å². The molecule has 4 heteroatoms. The fourth-order valence-electron chi connectivity index (χ4n) is 2.11. The Morgan fingerprint density at radius 2 is 2.31 bits per heavy atom. The van der Waals surface area contributed by atoms with Crippen molar-refractivity contribution < 1.29 is 4.79 Å². The number of thiophene rings is 1. The Morgan fingerprint density at radius 3 is 3.00 bits per heavy atom. The Bertz CT molecular complexity index is 339. The van der Waals surface area contributed by atoms with Crippen LogP contribution in [0.15, 0.2) is 17.5 Å². The molecule has 2 rings (SSSR count). The first-order valence-electron chi connectivity index (χ1n) is 5.73. The van der Waals surface area contributed by atoms with Gasteiger partial charge < -0.3 is 5.32 Å². The Hall–Kier alpha value is -0.350. The highest BCUT2D eigenvalue weighted by Gasteiger charge is 2.23. The van der Waals surface area contributed by atoms with Crippen molar-refractivity contribution >= 4 is 33.2 Å². The first kappa shape index (κ1) is 12.1. The van der Waals surface area contributed by atoms with E-state index in [1.165, 1.54) is 37.0 Å². The predicted molar refractivity (Wildman–Crippen MR) is 71.3 cm³/mol. The maximum atomic E-state index is 11.7. The molecule has 16 heavy (non-hydrogen) atoms. The molecule has 2 atom stereocenters. The van der Waals surface area contributed by atoms with E-state index in [9.17, 15) is 4.79 Å². The van der Waals surface area contributed by atoms with Gasteiger partial charge in [0, 0.05) is 11.4 Å². The number of halogens is 1. The van der Waals surface area contributed by atoms with Crippen LogP contribution in [0.5, 0.6) is 0 Å². The molecule has 1 N–H and O–H groups in total. The molecule has 1 heterocycles. The maximum Gasteiger partial charge on any atom is 0.261 e. The minimum atomic E-state index is 0.0697. The zero-order valence-corrected chi connectivity index (χ0v) is 11.5. The third-order valence-corrected chi connectivity index (χ3v) is 5.16. The summed E-state index contributed by atoms with van der Waals surface area (Å²) in [6.45, 7) is 0.798. The monoisotopic (exact) mass is 301 g/mol. The van der Waals surface area contributed by atoms with Crippen LogP contribution in [0.3, 0.4) is 0 Å². The maximum absolute atomic E-state index is 11.7. The number of nitrogens with one attached hydrogen (secondary N) is 1. The average Bonchev–Trinajstić information content (AvgIpc) is 2.81. The zero-order valence-electron chi connectivity index (χ0n) is 9.12. The molecule has 0 aliphatic heterocycles. The number of amides is 1. The van der Waals surface area contributed by atoms with Crippen molar-refractivity contribution in [1.29, 1.82) is 0 Å². The lowest BCUT2D eigenvalue weighted by molar-refractivity contribution is 0.0948. The summed E-state index contributed by atoms with van der Waals surface area (Å²) in [6, 6.07) is 3.78. The summed E-state index contributed by atoms with van der Waals surface area (Å²) in [5.41, 5.74) is 0. The highest BCUT2D eigenvalue weighted by atomic mass is 79.9. The van der Waals surface area contributed by atoms with Crippen LogP contribution >= 0.6 is 27.3 Å². The van der Waals surface area contributed by atoms with Gasteiger partial charge in [-0.25, -0.2) is 0 Å². The first-order valence-corrected chi connectivity index (χ1v) is 7.52. The van der Waals surface area contributed by atoms with E-state index in [4.69, 9.17) is 0 Å². The largest absolute Gasteiger partial charge is 0.351 e. The molecular formula is C12H16BrNOS. The molecule has 0 radical (unpaired) electrons. The zero-order chi connectivity index (χ0) is 11.4. The van der Waals surface area contributed by atoms with E-state index in [2.05, 4.69) is 21.2 Å². The molecule has 2 unspecified atom stereocenters. The van der Waals surface area contributed by atoms with Gasteiger partial charge in [-0.05, 0) is 30.2 Å². The summed E-state index contributed by atoms with van der Waals surface area (Å²) in [4.78, 5) is 13.1. The number of alkyl halides is 1. The summed E-state index contributed by atoms with van der Waals surface area (Å²) in [5.74, 6) is 0.665. The lowest BCUT2D eigenvalue weighted by atomic mass is 9.89. The first-order chi connectivity index (χ1) is 7.77. The number of rotatable bonds is 3. The van der Waals surface area contributed by atoms with Gasteiger partial charge in [0.15, 0.2) is 0 Å². The van der Waals surface area contributed by atoms with Crippen LogP contribution in [0.1, 0.15) is 35.4 Å². The van der Waals surface area contributed by atoms with Crippen LogP contribution in [0.4, 0.5) is 0 Å². The van der Waals surface area contributed by atoms with Crippen molar-refractivity contribution in [3.05, 3.63) is 22.4 Å². The third-order valence-electron chi connectivity index (χ3n) is 3.09. The lowest BCUT2D eigenvalue weighted by Crippen LogP contribution is -2.34. The van der Waals surface area contributed by atoms with Crippen LogP contribution in [0.2, 0.25) is 0 Å². The molecule has 88 valence electrons. The van der Waals surface area contributed by atoms with Gasteiger partial charge in [-0.1, -0.05) is 34.8 Å². The molecule has 1 aromatic heterocycles. The average molecular weight is 302 g/mol. The van der Waals surface area contributed by atoms with E-state index in [0.29, 0.717) is 10.7 Å². The van der Waals surface area contributed by atoms with Crippen LogP contribution in [0.25, 0.3) is 0 Å². The van der Waals surface area contributed by atoms with Gasteiger partial charge in [-0.3, -0.25) is 4.79 Å². The second-order valence-electron chi connectivity index (χ2n) is 4.25. The molecule has 0 aromatic carbocycles. The van der Waals surface area contributed by atoms with E-state index in [-0.39, 0.29) is 5.91 Å². The quantitative estimate of drug-likeness (QED) is 0.852. The molecule has 2 nitrogen and oxygen atoms in total. The van der Waals surface area contributed by atoms with Crippen LogP contribution in [-0.2, 0) is 0 Å². The standard InChI is InChI=1S/C12H16BrNOS/c13-10-5-2-1-4-9(10)8-14-12(15)11-6-3-7-16-11/h3,6-7,9-10H,1-2,4-5,8H2,(H,14,15). The lowest BCUT2D eigenvalue weighted by Gasteiger charge is -2.27. The van der Waals surface area contributed by atoms with Gasteiger partial charge in [0.05, 0.1) is 4.88 Å². The topological polar surface area (TPSA) is 29.1 Å². The minimum absolute atomic E-state index is 0.0697. The van der Waals surface area contributed by atoms with Gasteiger partial charge in [-0.2, -0.15) is 0 Å². The molecule has 0 saturated heterocycles. The number of carbonyl (C=O) groups is 1. The molecule has 0 spiro atoms. The Morgan fingerprint density at radius 1 is 1.50 bits per heavy atom. The second kappa shape index (κ2) is 5.82. The summed E-state index contributed by atoms with van der Waals surface area (Å²) >= 11 is 5.20. The van der Waals surface area contributed by atoms with E-state index in [0.717, 1.165) is 11.4 Å². The van der Waals surface area contributed by atoms with Crippen molar-refractivity contribution in [3.63, 3.8) is 0 Å². The smallest absolute Gasteiger partial charge is 0.261 e. The van der Waals surface area contributed by atoms with Crippen molar-refractivity contribution in [2.75, 3.05) is 6.54 Å². The van der Waals surface area contributed by atoms with E-state index in [1.54, 1.807) is 0 Å². The summed E-state index contributed by atoms with van der Waals surface area (Å²) in [5, 5.41) is 4.96. The van der Waals surface area contributed by atoms with Crippen LogP contribution < -0.4 is 5.32 Å². The van der Waals surface area contributed by atoms with Gasteiger partial charge >= 0.3 is 0 Å². The molecule has 1 amide bonds. The fraction of sp³-hybridized carbons (Fsp3) is 0.583. The molecule has 0 bridgehead atoms. The second-order valence-corrected chi connectivity index (χ2v) is 6.37. The Kier molecular flexibility index (Phi) is 4.41. The highest BCUT2D eigenvalue weighted by molar-refractivity contribution is 9.09. The normalized spacial score (nSPS) is 25.3. The predicted octanol–water partition coefficient (Wildman–Crippen LogP) is 3.43. The molecular weight excluding hydrogens is 286 g/mol. The molecule has 1 aliphatic carbocycles. The fourth-order valence-corrected chi connectivity index (χ4v) is 3.53. The highest BCUT2D eigenvalue weighted by Crippen LogP contribution is 2.29. The minimum Gasteiger partial charge on any atom is -0.351 e. The van der Waals surface area contributed by atoms with Crippen molar-refractivity contribution in [3.8, 4) is 0 Å². The van der Waals surface area contributed by atoms with E-state index < -0.39 is 0 Å². The van der Waals surface area contributed by atoms with Crippen molar-refractivity contribution in [1.82, 2.24) is 5.32 Å². The number of carbonyl (C=O) groups excluding carboxylic acids is 1. The summed E-state index contributed by atoms with van der Waals surface area (Å²) < 4.78 is 0. The Balaban J connectivity index is 1.80. The van der Waals surface area contributed by atoms with Crippen LogP contribution in [0, 0.1) is 5.92 Å². The Labute approximate surface area is 109 Å². The van der Waals surface area contributed by atoms with E-state index in [1.807, 2.05) is 17.5 Å². The number of hydrogen-bond acceptors (Lipinski definition) is 2. The number of hydrogen-bond donors (Lipinski definition) is 1. The van der Waals surface area contributed by atoms with Gasteiger partial charge in [0.2, 0.25) is 0 Å². The van der Waals surface area contributed by atoms with Crippen LogP contribution in [-0.4, -0.2) is 17.3 Å². The molecule has 1 fully saturated rings.